The third-order valence-corrected chi connectivity index (χ3v) is 5.37. The van der Waals surface area contributed by atoms with E-state index in [1.54, 1.807) is 0 Å². The van der Waals surface area contributed by atoms with Crippen molar-refractivity contribution in [3.8, 4) is 0 Å². The maximum atomic E-state index is 11.4. The van der Waals surface area contributed by atoms with Gasteiger partial charge < -0.3 is 4.90 Å². The average Bonchev–Trinajstić information content (AvgIpc) is 3.00. The van der Waals surface area contributed by atoms with Crippen LogP contribution in [0.5, 0.6) is 0 Å². The van der Waals surface area contributed by atoms with Crippen LogP contribution in [0.3, 0.4) is 0 Å². The van der Waals surface area contributed by atoms with Crippen molar-refractivity contribution in [1.29, 1.82) is 0 Å². The van der Waals surface area contributed by atoms with E-state index in [-0.39, 0.29) is 0 Å². The zero-order chi connectivity index (χ0) is 11.7. The second-order valence-electron chi connectivity index (χ2n) is 6.35. The molecule has 2 nitrogen and oxygen atoms in total. The Balaban J connectivity index is 1.48. The summed E-state index contributed by atoms with van der Waals surface area (Å²) in [6, 6.07) is 0.904. The van der Waals surface area contributed by atoms with Crippen molar-refractivity contribution in [3.63, 3.8) is 0 Å². The Labute approximate surface area is 105 Å². The highest BCUT2D eigenvalue weighted by molar-refractivity contribution is 5.80. The highest BCUT2D eigenvalue weighted by Gasteiger charge is 2.33. The Morgan fingerprint density at radius 2 is 1.59 bits per heavy atom. The molecule has 1 saturated heterocycles. The fourth-order valence-corrected chi connectivity index (χ4v) is 4.27. The SMILES string of the molecule is O=C1CCC(C2CCN(C3CCCC3)CC2)C1. The van der Waals surface area contributed by atoms with Crippen LogP contribution in [0.25, 0.3) is 0 Å². The van der Waals surface area contributed by atoms with Crippen molar-refractivity contribution in [2.24, 2.45) is 11.8 Å². The molecule has 2 heteroatoms. The lowest BCUT2D eigenvalue weighted by atomic mass is 9.83. The highest BCUT2D eigenvalue weighted by atomic mass is 16.1. The minimum atomic E-state index is 0.522. The molecular formula is C15H25NO. The molecule has 0 aromatic carbocycles. The van der Waals surface area contributed by atoms with Gasteiger partial charge in [-0.25, -0.2) is 0 Å². The van der Waals surface area contributed by atoms with Crippen molar-refractivity contribution in [2.75, 3.05) is 13.1 Å². The predicted molar refractivity (Wildman–Crippen MR) is 68.9 cm³/mol. The summed E-state index contributed by atoms with van der Waals surface area (Å²) >= 11 is 0. The fourth-order valence-electron chi connectivity index (χ4n) is 4.27. The summed E-state index contributed by atoms with van der Waals surface area (Å²) in [5.41, 5.74) is 0. The Kier molecular flexibility index (Phi) is 3.51. The first-order chi connectivity index (χ1) is 8.33. The topological polar surface area (TPSA) is 20.3 Å². The molecule has 0 radical (unpaired) electrons. The lowest BCUT2D eigenvalue weighted by molar-refractivity contribution is -0.117. The Hall–Kier alpha value is -0.370. The summed E-state index contributed by atoms with van der Waals surface area (Å²) in [6.45, 7) is 2.61. The monoisotopic (exact) mass is 235 g/mol. The molecule has 17 heavy (non-hydrogen) atoms. The van der Waals surface area contributed by atoms with Crippen LogP contribution in [0.1, 0.15) is 57.8 Å². The minimum Gasteiger partial charge on any atom is -0.300 e. The number of likely N-dealkylation sites (tertiary alicyclic amines) is 1. The Bertz CT molecular complexity index is 275. The molecule has 2 aliphatic carbocycles. The third kappa shape index (κ3) is 2.57. The molecule has 1 atom stereocenters. The number of hydrogen-bond acceptors (Lipinski definition) is 2. The summed E-state index contributed by atoms with van der Waals surface area (Å²) in [7, 11) is 0. The van der Waals surface area contributed by atoms with E-state index in [2.05, 4.69) is 4.90 Å². The van der Waals surface area contributed by atoms with Gasteiger partial charge in [-0.15, -0.1) is 0 Å². The Morgan fingerprint density at radius 3 is 2.18 bits per heavy atom. The molecule has 3 aliphatic rings. The van der Waals surface area contributed by atoms with Gasteiger partial charge in [0.1, 0.15) is 5.78 Å². The smallest absolute Gasteiger partial charge is 0.133 e. The molecule has 0 bridgehead atoms. The van der Waals surface area contributed by atoms with Crippen LogP contribution in [0.4, 0.5) is 0 Å². The van der Waals surface area contributed by atoms with Gasteiger partial charge in [0.05, 0.1) is 0 Å². The first-order valence-electron chi connectivity index (χ1n) is 7.58. The zero-order valence-corrected chi connectivity index (χ0v) is 10.9. The molecule has 96 valence electrons. The average molecular weight is 235 g/mol. The second kappa shape index (κ2) is 5.09. The van der Waals surface area contributed by atoms with Crippen LogP contribution in [-0.2, 0) is 4.79 Å². The predicted octanol–water partition coefficient (Wildman–Crippen LogP) is 3.01. The maximum Gasteiger partial charge on any atom is 0.133 e. The number of hydrogen-bond donors (Lipinski definition) is 0. The largest absolute Gasteiger partial charge is 0.300 e. The van der Waals surface area contributed by atoms with Gasteiger partial charge in [-0.1, -0.05) is 12.8 Å². The van der Waals surface area contributed by atoms with E-state index in [0.717, 1.165) is 30.7 Å². The first kappa shape index (κ1) is 11.7. The summed E-state index contributed by atoms with van der Waals surface area (Å²) in [5.74, 6) is 2.13. The quantitative estimate of drug-likeness (QED) is 0.733. The van der Waals surface area contributed by atoms with Crippen LogP contribution in [-0.4, -0.2) is 29.8 Å². The molecule has 1 unspecified atom stereocenters. The van der Waals surface area contributed by atoms with Gasteiger partial charge in [0.2, 0.25) is 0 Å². The zero-order valence-electron chi connectivity index (χ0n) is 10.9. The molecule has 3 rings (SSSR count). The molecule has 1 heterocycles. The Morgan fingerprint density at radius 1 is 0.882 bits per heavy atom. The minimum absolute atomic E-state index is 0.522. The molecule has 0 spiro atoms. The molecule has 0 N–H and O–H groups in total. The molecular weight excluding hydrogens is 210 g/mol. The second-order valence-corrected chi connectivity index (χ2v) is 6.35. The number of ketones is 1. The fraction of sp³-hybridized carbons (Fsp3) is 0.933. The van der Waals surface area contributed by atoms with Crippen LogP contribution in [0.15, 0.2) is 0 Å². The normalized spacial score (nSPS) is 33.6. The van der Waals surface area contributed by atoms with Gasteiger partial charge in [0.25, 0.3) is 0 Å². The van der Waals surface area contributed by atoms with Crippen LogP contribution in [0.2, 0.25) is 0 Å². The molecule has 2 saturated carbocycles. The van der Waals surface area contributed by atoms with Gasteiger partial charge in [0, 0.05) is 18.9 Å². The van der Waals surface area contributed by atoms with E-state index < -0.39 is 0 Å². The van der Waals surface area contributed by atoms with E-state index in [0.29, 0.717) is 5.78 Å². The van der Waals surface area contributed by atoms with Crippen LogP contribution >= 0.6 is 0 Å². The van der Waals surface area contributed by atoms with E-state index in [9.17, 15) is 4.79 Å². The summed E-state index contributed by atoms with van der Waals surface area (Å²) in [4.78, 5) is 14.1. The number of carbonyl (C=O) groups excluding carboxylic acids is 1. The number of nitrogens with zero attached hydrogens (tertiary/aromatic N) is 1. The van der Waals surface area contributed by atoms with Gasteiger partial charge in [0.15, 0.2) is 0 Å². The van der Waals surface area contributed by atoms with Crippen molar-refractivity contribution < 1.29 is 4.79 Å². The maximum absolute atomic E-state index is 11.4. The number of Topliss-reactive ketones (excluding diaryl/α,β-unsaturated/α-hetero) is 1. The van der Waals surface area contributed by atoms with Crippen LogP contribution in [0, 0.1) is 11.8 Å². The van der Waals surface area contributed by atoms with Crippen molar-refractivity contribution in [2.45, 2.75) is 63.8 Å². The summed E-state index contributed by atoms with van der Waals surface area (Å²) in [6.07, 6.45) is 11.4. The number of piperidine rings is 1. The number of rotatable bonds is 2. The standard InChI is InChI=1S/C15H25NO/c17-15-6-5-13(11-15)12-7-9-16(10-8-12)14-3-1-2-4-14/h12-14H,1-11H2. The van der Waals surface area contributed by atoms with Gasteiger partial charge in [-0.2, -0.15) is 0 Å². The molecule has 0 aromatic heterocycles. The third-order valence-electron chi connectivity index (χ3n) is 5.37. The van der Waals surface area contributed by atoms with E-state index >= 15 is 0 Å². The van der Waals surface area contributed by atoms with Gasteiger partial charge in [-0.05, 0) is 57.0 Å². The van der Waals surface area contributed by atoms with E-state index in [4.69, 9.17) is 0 Å². The molecule has 0 amide bonds. The van der Waals surface area contributed by atoms with Crippen molar-refractivity contribution in [3.05, 3.63) is 0 Å². The van der Waals surface area contributed by atoms with E-state index in [1.807, 2.05) is 0 Å². The van der Waals surface area contributed by atoms with Crippen LogP contribution < -0.4 is 0 Å². The van der Waals surface area contributed by atoms with Crippen molar-refractivity contribution in [1.82, 2.24) is 4.90 Å². The summed E-state index contributed by atoms with van der Waals surface area (Å²) in [5, 5.41) is 0. The molecule has 1 aliphatic heterocycles. The number of carbonyl (C=O) groups is 1. The van der Waals surface area contributed by atoms with Gasteiger partial charge in [-0.3, -0.25) is 4.79 Å². The lowest BCUT2D eigenvalue weighted by Gasteiger charge is -2.38. The molecule has 0 aromatic rings. The van der Waals surface area contributed by atoms with Gasteiger partial charge >= 0.3 is 0 Å². The lowest BCUT2D eigenvalue weighted by Crippen LogP contribution is -2.41. The van der Waals surface area contributed by atoms with E-state index in [1.165, 1.54) is 58.0 Å². The highest BCUT2D eigenvalue weighted by Crippen LogP contribution is 2.36. The molecule has 3 fully saturated rings. The van der Waals surface area contributed by atoms with Crippen molar-refractivity contribution >= 4 is 5.78 Å². The first-order valence-corrected chi connectivity index (χ1v) is 7.58. The summed E-state index contributed by atoms with van der Waals surface area (Å²) < 4.78 is 0.